The zero-order valence-corrected chi connectivity index (χ0v) is 15.5. The van der Waals surface area contributed by atoms with E-state index in [0.29, 0.717) is 25.2 Å². The lowest BCUT2D eigenvalue weighted by molar-refractivity contribution is 0.0639. The van der Waals surface area contributed by atoms with Gasteiger partial charge < -0.3 is 10.1 Å². The molecule has 2 rings (SSSR count). The number of ether oxygens (including phenoxy) is 1. The molecule has 0 aliphatic carbocycles. The minimum atomic E-state index is -0.300. The fourth-order valence-corrected chi connectivity index (χ4v) is 3.06. The summed E-state index contributed by atoms with van der Waals surface area (Å²) in [5.74, 6) is 0. The summed E-state index contributed by atoms with van der Waals surface area (Å²) < 4.78 is 7.44. The van der Waals surface area contributed by atoms with E-state index in [2.05, 4.69) is 42.3 Å². The molecule has 2 heterocycles. The third-order valence-corrected chi connectivity index (χ3v) is 4.60. The van der Waals surface area contributed by atoms with Gasteiger partial charge in [0.15, 0.2) is 0 Å². The molecule has 1 fully saturated rings. The Balaban J connectivity index is 1.93. The van der Waals surface area contributed by atoms with Crippen LogP contribution in [-0.4, -0.2) is 46.5 Å². The number of amides is 1. The minimum absolute atomic E-state index is 0.299. The topological polar surface area (TPSA) is 59.4 Å². The second-order valence-electron chi connectivity index (χ2n) is 6.96. The maximum absolute atomic E-state index is 11.7. The van der Waals surface area contributed by atoms with E-state index in [9.17, 15) is 4.79 Å². The number of hydrogen-bond acceptors (Lipinski definition) is 4. The van der Waals surface area contributed by atoms with Gasteiger partial charge in [0, 0.05) is 36.9 Å². The molecule has 136 valence electrons. The number of nitrogens with one attached hydrogen (secondary N) is 1. The highest BCUT2D eigenvalue weighted by Gasteiger charge is 2.25. The van der Waals surface area contributed by atoms with Gasteiger partial charge in [0.25, 0.3) is 0 Å². The monoisotopic (exact) mass is 336 g/mol. The number of alkyl carbamates (subject to hydrolysis) is 1. The molecule has 1 aromatic heterocycles. The molecule has 1 unspecified atom stereocenters. The number of carbonyl (C=O) groups is 1. The summed E-state index contributed by atoms with van der Waals surface area (Å²) in [6, 6.07) is 0.674. The van der Waals surface area contributed by atoms with Gasteiger partial charge in [-0.1, -0.05) is 13.3 Å². The Morgan fingerprint density at radius 2 is 2.25 bits per heavy atom. The van der Waals surface area contributed by atoms with Crippen molar-refractivity contribution in [2.24, 2.45) is 0 Å². The zero-order valence-electron chi connectivity index (χ0n) is 15.5. The lowest BCUT2D eigenvalue weighted by atomic mass is 10.0. The largest absolute Gasteiger partial charge is 0.448 e. The number of likely N-dealkylation sites (tertiary alicyclic amines) is 1. The third-order valence-electron chi connectivity index (χ3n) is 4.60. The minimum Gasteiger partial charge on any atom is -0.448 e. The summed E-state index contributed by atoms with van der Waals surface area (Å²) in [7, 11) is 0. The molecule has 1 amide bonds. The van der Waals surface area contributed by atoms with Crippen molar-refractivity contribution < 1.29 is 9.53 Å². The van der Waals surface area contributed by atoms with Gasteiger partial charge in [-0.3, -0.25) is 9.58 Å². The van der Waals surface area contributed by atoms with Crippen LogP contribution < -0.4 is 5.32 Å². The normalized spacial score (nSPS) is 18.8. The molecule has 0 radical (unpaired) electrons. The second kappa shape index (κ2) is 9.06. The first-order chi connectivity index (χ1) is 11.5. The maximum atomic E-state index is 11.7. The van der Waals surface area contributed by atoms with E-state index in [-0.39, 0.29) is 6.09 Å². The summed E-state index contributed by atoms with van der Waals surface area (Å²) in [6.45, 7) is 11.4. The van der Waals surface area contributed by atoms with Crippen LogP contribution in [0, 0.1) is 6.92 Å². The summed E-state index contributed by atoms with van der Waals surface area (Å²) in [4.78, 5) is 14.1. The van der Waals surface area contributed by atoms with Crippen molar-refractivity contribution in [1.82, 2.24) is 20.0 Å². The van der Waals surface area contributed by atoms with Crippen LogP contribution in [0.25, 0.3) is 0 Å². The van der Waals surface area contributed by atoms with Crippen LogP contribution in [0.4, 0.5) is 4.79 Å². The summed E-state index contributed by atoms with van der Waals surface area (Å²) in [5, 5.41) is 7.37. The molecule has 0 saturated carbocycles. The lowest BCUT2D eigenvalue weighted by Gasteiger charge is -2.35. The van der Waals surface area contributed by atoms with Gasteiger partial charge in [-0.2, -0.15) is 5.10 Å². The Labute approximate surface area is 145 Å². The van der Waals surface area contributed by atoms with Crippen LogP contribution in [0.1, 0.15) is 63.8 Å². The smallest absolute Gasteiger partial charge is 0.407 e. The molecule has 24 heavy (non-hydrogen) atoms. The van der Waals surface area contributed by atoms with Gasteiger partial charge in [0.05, 0.1) is 5.69 Å². The molecular formula is C18H32N4O2. The maximum Gasteiger partial charge on any atom is 0.407 e. The van der Waals surface area contributed by atoms with E-state index in [4.69, 9.17) is 4.74 Å². The highest BCUT2D eigenvalue weighted by atomic mass is 16.5. The van der Waals surface area contributed by atoms with E-state index >= 15 is 0 Å². The summed E-state index contributed by atoms with van der Waals surface area (Å²) >= 11 is 0. The Morgan fingerprint density at radius 3 is 2.92 bits per heavy atom. The van der Waals surface area contributed by atoms with Crippen LogP contribution in [0.15, 0.2) is 6.20 Å². The van der Waals surface area contributed by atoms with Crippen molar-refractivity contribution in [2.75, 3.05) is 19.7 Å². The van der Waals surface area contributed by atoms with E-state index in [0.717, 1.165) is 31.6 Å². The molecule has 0 aromatic carbocycles. The molecule has 0 bridgehead atoms. The molecule has 1 atom stereocenters. The van der Waals surface area contributed by atoms with Crippen LogP contribution in [-0.2, 0) is 11.3 Å². The van der Waals surface area contributed by atoms with Gasteiger partial charge >= 0.3 is 6.09 Å². The van der Waals surface area contributed by atoms with Gasteiger partial charge in [-0.05, 0) is 46.6 Å². The molecule has 1 N–H and O–H groups in total. The number of aryl methyl sites for hydroxylation is 1. The average molecular weight is 336 g/mol. The fourth-order valence-electron chi connectivity index (χ4n) is 3.06. The van der Waals surface area contributed by atoms with Crippen LogP contribution in [0.5, 0.6) is 0 Å². The first-order valence-electron chi connectivity index (χ1n) is 9.20. The predicted molar refractivity (Wildman–Crippen MR) is 95.0 cm³/mol. The van der Waals surface area contributed by atoms with E-state index in [1.165, 1.54) is 18.4 Å². The van der Waals surface area contributed by atoms with E-state index in [1.807, 2.05) is 11.6 Å². The quantitative estimate of drug-likeness (QED) is 0.830. The third kappa shape index (κ3) is 5.23. The van der Waals surface area contributed by atoms with Crippen molar-refractivity contribution in [3.8, 4) is 0 Å². The Morgan fingerprint density at radius 1 is 1.46 bits per heavy atom. The van der Waals surface area contributed by atoms with Gasteiger partial charge in [-0.15, -0.1) is 0 Å². The van der Waals surface area contributed by atoms with Crippen molar-refractivity contribution >= 4 is 6.09 Å². The summed E-state index contributed by atoms with van der Waals surface area (Å²) in [5.41, 5.74) is 2.36. The number of hydrogen-bond donors (Lipinski definition) is 1. The molecule has 1 aromatic rings. The van der Waals surface area contributed by atoms with E-state index in [1.54, 1.807) is 0 Å². The molecule has 0 spiro atoms. The number of aromatic nitrogens is 2. The zero-order chi connectivity index (χ0) is 17.5. The SMILES string of the molecule is CCCNC(=O)OCC1CCCCN1Cc1cn(C(C)C)nc1C. The Hall–Kier alpha value is -1.56. The van der Waals surface area contributed by atoms with Crippen LogP contribution in [0.2, 0.25) is 0 Å². The van der Waals surface area contributed by atoms with Crippen molar-refractivity contribution in [2.45, 2.75) is 72.0 Å². The highest BCUT2D eigenvalue weighted by molar-refractivity contribution is 5.67. The van der Waals surface area contributed by atoms with Crippen LogP contribution >= 0.6 is 0 Å². The first kappa shape index (κ1) is 18.8. The molecule has 1 saturated heterocycles. The average Bonchev–Trinajstić information content (AvgIpc) is 2.93. The molecule has 6 heteroatoms. The number of nitrogens with zero attached hydrogens (tertiary/aromatic N) is 3. The number of carbonyl (C=O) groups excluding carboxylic acids is 1. The van der Waals surface area contributed by atoms with Gasteiger partial charge in [0.2, 0.25) is 0 Å². The van der Waals surface area contributed by atoms with Crippen LogP contribution in [0.3, 0.4) is 0 Å². The standard InChI is InChI=1S/C18H32N4O2/c1-5-9-19-18(23)24-13-17-8-6-7-10-21(17)11-16-12-22(14(2)3)20-15(16)4/h12,14,17H,5-11,13H2,1-4H3,(H,19,23). The van der Waals surface area contributed by atoms with Crippen molar-refractivity contribution in [3.63, 3.8) is 0 Å². The second-order valence-corrected chi connectivity index (χ2v) is 6.96. The molecule has 1 aliphatic rings. The van der Waals surface area contributed by atoms with Crippen molar-refractivity contribution in [3.05, 3.63) is 17.5 Å². The first-order valence-corrected chi connectivity index (χ1v) is 9.20. The van der Waals surface area contributed by atoms with E-state index < -0.39 is 0 Å². The molecular weight excluding hydrogens is 304 g/mol. The summed E-state index contributed by atoms with van der Waals surface area (Å²) in [6.07, 6.45) is 6.26. The number of rotatable bonds is 7. The fraction of sp³-hybridized carbons (Fsp3) is 0.778. The Kier molecular flexibility index (Phi) is 7.09. The molecule has 6 nitrogen and oxygen atoms in total. The number of piperidine rings is 1. The lowest BCUT2D eigenvalue weighted by Crippen LogP contribution is -2.43. The highest BCUT2D eigenvalue weighted by Crippen LogP contribution is 2.21. The molecule has 1 aliphatic heterocycles. The predicted octanol–water partition coefficient (Wildman–Crippen LogP) is 3.26. The van der Waals surface area contributed by atoms with Gasteiger partial charge in [0.1, 0.15) is 6.61 Å². The van der Waals surface area contributed by atoms with Gasteiger partial charge in [-0.25, -0.2) is 4.79 Å². The van der Waals surface area contributed by atoms with Crippen molar-refractivity contribution in [1.29, 1.82) is 0 Å². The Bertz CT molecular complexity index is 527.